The van der Waals surface area contributed by atoms with Crippen molar-refractivity contribution in [3.63, 3.8) is 0 Å². The van der Waals surface area contributed by atoms with Crippen LogP contribution in [0.1, 0.15) is 14.5 Å². The lowest BCUT2D eigenvalue weighted by Crippen LogP contribution is -2.11. The summed E-state index contributed by atoms with van der Waals surface area (Å²) in [5, 5.41) is 17.7. The molecule has 22 heavy (non-hydrogen) atoms. The number of carboxylic acid groups (broad SMARTS) is 1. The molecule has 2 heterocycles. The average Bonchev–Trinajstić information content (AvgIpc) is 3.13. The van der Waals surface area contributed by atoms with E-state index in [1.807, 2.05) is 30.3 Å². The van der Waals surface area contributed by atoms with Crippen LogP contribution in [0.25, 0.3) is 11.4 Å². The quantitative estimate of drug-likeness (QED) is 0.551. The van der Waals surface area contributed by atoms with Gasteiger partial charge in [0.2, 0.25) is 5.16 Å². The molecule has 6 nitrogen and oxygen atoms in total. The fourth-order valence-corrected chi connectivity index (χ4v) is 3.61. The Morgan fingerprint density at radius 3 is 2.68 bits per heavy atom. The van der Waals surface area contributed by atoms with Crippen LogP contribution in [0.3, 0.4) is 0 Å². The summed E-state index contributed by atoms with van der Waals surface area (Å²) < 4.78 is 1.45. The fourth-order valence-electron chi connectivity index (χ4n) is 1.87. The molecule has 0 amide bonds. The predicted octanol–water partition coefficient (Wildman–Crippen LogP) is 2.71. The molecule has 1 aromatic carbocycles. The number of nitrogens with zero attached hydrogens (tertiary/aromatic N) is 3. The summed E-state index contributed by atoms with van der Waals surface area (Å²) in [6.07, 6.45) is 0. The van der Waals surface area contributed by atoms with Gasteiger partial charge >= 0.3 is 5.97 Å². The van der Waals surface area contributed by atoms with Gasteiger partial charge in [0.1, 0.15) is 4.88 Å². The van der Waals surface area contributed by atoms with E-state index in [1.165, 1.54) is 27.8 Å². The van der Waals surface area contributed by atoms with E-state index in [2.05, 4.69) is 10.2 Å². The minimum Gasteiger partial charge on any atom is -0.477 e. The third kappa shape index (κ3) is 2.97. The summed E-state index contributed by atoms with van der Waals surface area (Å²) in [6, 6.07) is 13.0. The minimum absolute atomic E-state index is 0.329. The molecule has 0 aliphatic heterocycles. The fraction of sp³-hybridized carbons (Fsp3) is 0.0714. The van der Waals surface area contributed by atoms with Crippen LogP contribution in [0.15, 0.2) is 47.6 Å². The largest absolute Gasteiger partial charge is 0.477 e. The lowest BCUT2D eigenvalue weighted by molar-refractivity contribution is 0.0702. The van der Waals surface area contributed by atoms with Crippen LogP contribution in [-0.2, 0) is 5.75 Å². The third-order valence-corrected chi connectivity index (χ3v) is 5.16. The van der Waals surface area contributed by atoms with Crippen LogP contribution in [0.5, 0.6) is 0 Å². The number of thiophene rings is 1. The summed E-state index contributed by atoms with van der Waals surface area (Å²) in [6.45, 7) is 0. The van der Waals surface area contributed by atoms with Crippen LogP contribution < -0.4 is 5.84 Å². The van der Waals surface area contributed by atoms with Gasteiger partial charge in [-0.05, 0) is 12.1 Å². The maximum atomic E-state index is 10.9. The molecular formula is C14H12N4O2S2. The van der Waals surface area contributed by atoms with Crippen LogP contribution in [0.2, 0.25) is 0 Å². The smallest absolute Gasteiger partial charge is 0.345 e. The topological polar surface area (TPSA) is 94.0 Å². The van der Waals surface area contributed by atoms with Gasteiger partial charge in [-0.3, -0.25) is 0 Å². The number of nitrogens with two attached hydrogens (primary N) is 1. The molecule has 0 aliphatic rings. The summed E-state index contributed by atoms with van der Waals surface area (Å²) in [4.78, 5) is 12.1. The Bertz CT molecular complexity index is 798. The monoisotopic (exact) mass is 332 g/mol. The highest BCUT2D eigenvalue weighted by atomic mass is 32.2. The zero-order valence-corrected chi connectivity index (χ0v) is 13.0. The molecule has 3 rings (SSSR count). The number of carbonyl (C=O) groups is 1. The highest BCUT2D eigenvalue weighted by Crippen LogP contribution is 2.27. The zero-order valence-electron chi connectivity index (χ0n) is 11.3. The number of hydrogen-bond acceptors (Lipinski definition) is 6. The van der Waals surface area contributed by atoms with Crippen LogP contribution in [0.4, 0.5) is 0 Å². The lowest BCUT2D eigenvalue weighted by Gasteiger charge is -2.02. The second-order valence-corrected chi connectivity index (χ2v) is 6.51. The first-order valence-corrected chi connectivity index (χ1v) is 8.16. The van der Waals surface area contributed by atoms with Crippen LogP contribution in [-0.4, -0.2) is 25.9 Å². The van der Waals surface area contributed by atoms with E-state index >= 15 is 0 Å². The Kier molecular flexibility index (Phi) is 4.12. The SMILES string of the molecule is Nn1c(SCc2ccc(C(=O)O)s2)nnc1-c1ccccc1. The molecule has 0 bridgehead atoms. The number of thioether (sulfide) groups is 1. The number of hydrogen-bond donors (Lipinski definition) is 2. The summed E-state index contributed by atoms with van der Waals surface area (Å²) in [7, 11) is 0. The molecule has 0 radical (unpaired) electrons. The van der Waals surface area contributed by atoms with E-state index in [9.17, 15) is 4.79 Å². The lowest BCUT2D eigenvalue weighted by atomic mass is 10.2. The van der Waals surface area contributed by atoms with E-state index in [0.717, 1.165) is 10.4 Å². The normalized spacial score (nSPS) is 10.7. The Morgan fingerprint density at radius 1 is 1.23 bits per heavy atom. The summed E-state index contributed by atoms with van der Waals surface area (Å²) in [5.41, 5.74) is 0.897. The maximum Gasteiger partial charge on any atom is 0.345 e. The van der Waals surface area contributed by atoms with Crippen molar-refractivity contribution in [2.24, 2.45) is 0 Å². The van der Waals surface area contributed by atoms with E-state index in [1.54, 1.807) is 12.1 Å². The van der Waals surface area contributed by atoms with E-state index in [-0.39, 0.29) is 0 Å². The molecule has 0 saturated heterocycles. The van der Waals surface area contributed by atoms with Crippen molar-refractivity contribution in [3.8, 4) is 11.4 Å². The number of benzene rings is 1. The Hall–Kier alpha value is -2.32. The number of rotatable bonds is 5. The van der Waals surface area contributed by atoms with Gasteiger partial charge in [0.15, 0.2) is 5.82 Å². The van der Waals surface area contributed by atoms with Crippen molar-refractivity contribution in [3.05, 3.63) is 52.2 Å². The highest BCUT2D eigenvalue weighted by Gasteiger charge is 2.13. The average molecular weight is 332 g/mol. The molecule has 3 N–H and O–H groups in total. The van der Waals surface area contributed by atoms with Gasteiger partial charge in [-0.1, -0.05) is 42.1 Å². The second kappa shape index (κ2) is 6.20. The van der Waals surface area contributed by atoms with Gasteiger partial charge < -0.3 is 10.9 Å². The van der Waals surface area contributed by atoms with Gasteiger partial charge in [-0.15, -0.1) is 21.5 Å². The first kappa shape index (κ1) is 14.6. The van der Waals surface area contributed by atoms with Crippen molar-refractivity contribution in [1.82, 2.24) is 14.9 Å². The van der Waals surface area contributed by atoms with Gasteiger partial charge in [0, 0.05) is 16.2 Å². The van der Waals surface area contributed by atoms with Crippen LogP contribution >= 0.6 is 23.1 Å². The van der Waals surface area contributed by atoms with Crippen molar-refractivity contribution < 1.29 is 9.90 Å². The first-order chi connectivity index (χ1) is 10.6. The second-order valence-electron chi connectivity index (χ2n) is 4.40. The molecule has 0 saturated carbocycles. The number of nitrogen functional groups attached to an aromatic ring is 1. The Balaban J connectivity index is 1.73. The number of aromatic carboxylic acids is 1. The third-order valence-electron chi connectivity index (χ3n) is 2.91. The molecule has 0 aliphatic carbocycles. The van der Waals surface area contributed by atoms with Crippen molar-refractivity contribution >= 4 is 29.1 Å². The van der Waals surface area contributed by atoms with Gasteiger partial charge in [0.05, 0.1) is 0 Å². The molecule has 0 spiro atoms. The molecular weight excluding hydrogens is 320 g/mol. The highest BCUT2D eigenvalue weighted by molar-refractivity contribution is 7.98. The molecule has 2 aromatic heterocycles. The minimum atomic E-state index is -0.908. The Morgan fingerprint density at radius 2 is 2.00 bits per heavy atom. The van der Waals surface area contributed by atoms with E-state index in [4.69, 9.17) is 10.9 Å². The van der Waals surface area contributed by atoms with E-state index in [0.29, 0.717) is 21.6 Å². The summed E-state index contributed by atoms with van der Waals surface area (Å²) >= 11 is 2.67. The predicted molar refractivity (Wildman–Crippen MR) is 86.4 cm³/mol. The van der Waals surface area contributed by atoms with Crippen molar-refractivity contribution in [1.29, 1.82) is 0 Å². The zero-order chi connectivity index (χ0) is 15.5. The van der Waals surface area contributed by atoms with Gasteiger partial charge in [-0.25, -0.2) is 9.47 Å². The standard InChI is InChI=1S/C14H12N4O2S2/c15-18-12(9-4-2-1-3-5-9)16-17-14(18)21-8-10-6-7-11(22-10)13(19)20/h1-7H,8,15H2,(H,19,20). The summed E-state index contributed by atoms with van der Waals surface area (Å²) in [5.74, 6) is 6.32. The molecule has 8 heteroatoms. The number of aromatic nitrogens is 3. The van der Waals surface area contributed by atoms with E-state index < -0.39 is 5.97 Å². The molecule has 0 atom stereocenters. The first-order valence-electron chi connectivity index (χ1n) is 6.36. The van der Waals surface area contributed by atoms with Gasteiger partial charge in [0.25, 0.3) is 0 Å². The molecule has 0 unspecified atom stereocenters. The molecule has 0 fully saturated rings. The van der Waals surface area contributed by atoms with Crippen molar-refractivity contribution in [2.45, 2.75) is 10.9 Å². The molecule has 3 aromatic rings. The maximum absolute atomic E-state index is 10.9. The molecule has 112 valence electrons. The van der Waals surface area contributed by atoms with Crippen molar-refractivity contribution in [2.75, 3.05) is 5.84 Å². The number of carboxylic acids is 1. The van der Waals surface area contributed by atoms with Gasteiger partial charge in [-0.2, -0.15) is 0 Å². The Labute approximate surface area is 134 Å². The van der Waals surface area contributed by atoms with Crippen LogP contribution in [0, 0.1) is 0 Å².